The van der Waals surface area contributed by atoms with Gasteiger partial charge in [0.05, 0.1) is 28.6 Å². The number of fused-ring (bicyclic) bond motifs is 2. The molecule has 1 aromatic carbocycles. The minimum absolute atomic E-state index is 0.0491. The Labute approximate surface area is 285 Å². The smallest absolute Gasteiger partial charge is 0.416 e. The third-order valence-electron chi connectivity index (χ3n) is 8.84. The van der Waals surface area contributed by atoms with Gasteiger partial charge in [-0.25, -0.2) is 17.5 Å². The summed E-state index contributed by atoms with van der Waals surface area (Å²) < 4.78 is 92.7. The molecule has 264 valence electrons. The molecule has 0 radical (unpaired) electrons. The van der Waals surface area contributed by atoms with Gasteiger partial charge in [-0.3, -0.25) is 19.3 Å². The summed E-state index contributed by atoms with van der Waals surface area (Å²) >= 11 is 0. The second-order valence-corrected chi connectivity index (χ2v) is 15.3. The lowest BCUT2D eigenvalue weighted by Gasteiger charge is -2.46. The molecule has 1 saturated carbocycles. The van der Waals surface area contributed by atoms with Gasteiger partial charge < -0.3 is 4.74 Å². The molecular formula is C34H34F4N6O5S. The van der Waals surface area contributed by atoms with E-state index in [9.17, 15) is 35.6 Å². The Morgan fingerprint density at radius 1 is 1.10 bits per heavy atom. The van der Waals surface area contributed by atoms with Gasteiger partial charge in [0.25, 0.3) is 10.0 Å². The van der Waals surface area contributed by atoms with Gasteiger partial charge in [-0.2, -0.15) is 27.7 Å². The van der Waals surface area contributed by atoms with Crippen LogP contribution in [-0.4, -0.2) is 67.2 Å². The average molecular weight is 715 g/mol. The standard InChI is InChI=1S/C34H34F4N6O5S/c1-32(2,3)49-30(45)20-43(50(47,48)29-12-14-42(4)41-29)26-8-5-22-16-28-21(19-40-44(28)25-9-6-24(35)7-10-25)17-33(22,18-26)31(46)27-15-23(11-13-39-27)34(36,37)38/h6-7,9-16,19,26H,5,8,17-18,20H2,1-4H3/t26-,33-/m0/s1. The lowest BCUT2D eigenvalue weighted by atomic mass is 9.60. The highest BCUT2D eigenvalue weighted by Crippen LogP contribution is 2.51. The molecule has 1 fully saturated rings. The zero-order valence-electron chi connectivity index (χ0n) is 27.6. The molecule has 0 saturated heterocycles. The maximum Gasteiger partial charge on any atom is 0.416 e. The van der Waals surface area contributed by atoms with Crippen molar-refractivity contribution in [1.82, 2.24) is 28.9 Å². The Morgan fingerprint density at radius 2 is 1.82 bits per heavy atom. The van der Waals surface area contributed by atoms with E-state index in [2.05, 4.69) is 15.2 Å². The number of benzene rings is 1. The summed E-state index contributed by atoms with van der Waals surface area (Å²) in [6.07, 6.45) is 0.926. The van der Waals surface area contributed by atoms with Crippen LogP contribution in [0.5, 0.6) is 0 Å². The van der Waals surface area contributed by atoms with Crippen LogP contribution in [0, 0.1) is 11.2 Å². The van der Waals surface area contributed by atoms with E-state index in [-0.39, 0.29) is 30.7 Å². The number of aryl methyl sites for hydroxylation is 1. The fraction of sp³-hybridized carbons (Fsp3) is 0.382. The van der Waals surface area contributed by atoms with Crippen LogP contribution < -0.4 is 0 Å². The zero-order chi connectivity index (χ0) is 36.2. The number of halogens is 4. The van der Waals surface area contributed by atoms with Crippen molar-refractivity contribution in [2.75, 3.05) is 6.54 Å². The highest BCUT2D eigenvalue weighted by atomic mass is 32.2. The first-order chi connectivity index (χ1) is 23.4. The van der Waals surface area contributed by atoms with Gasteiger partial charge >= 0.3 is 12.1 Å². The number of nitrogens with zero attached hydrogens (tertiary/aromatic N) is 6. The van der Waals surface area contributed by atoms with E-state index >= 15 is 0 Å². The molecule has 0 unspecified atom stereocenters. The highest BCUT2D eigenvalue weighted by Gasteiger charge is 2.52. The van der Waals surface area contributed by atoms with Crippen molar-refractivity contribution in [2.24, 2.45) is 12.5 Å². The molecule has 6 rings (SSSR count). The predicted octanol–water partition coefficient (Wildman–Crippen LogP) is 5.55. The van der Waals surface area contributed by atoms with Gasteiger partial charge in [-0.1, -0.05) is 5.57 Å². The Bertz CT molecular complexity index is 2100. The van der Waals surface area contributed by atoms with E-state index < -0.39 is 68.6 Å². The third kappa shape index (κ3) is 6.73. The average Bonchev–Trinajstić information content (AvgIpc) is 3.67. The highest BCUT2D eigenvalue weighted by molar-refractivity contribution is 7.89. The number of sulfonamides is 1. The first-order valence-corrected chi connectivity index (χ1v) is 17.2. The number of hydrogen-bond donors (Lipinski definition) is 0. The van der Waals surface area contributed by atoms with E-state index in [0.717, 1.165) is 16.6 Å². The van der Waals surface area contributed by atoms with Gasteiger partial charge in [0.15, 0.2) is 10.8 Å². The van der Waals surface area contributed by atoms with Crippen LogP contribution in [0.25, 0.3) is 11.8 Å². The Kier molecular flexibility index (Phi) is 8.83. The number of carbonyl (C=O) groups excluding carboxylic acids is 2. The van der Waals surface area contributed by atoms with E-state index in [4.69, 9.17) is 4.74 Å². The number of allylic oxidation sites excluding steroid dienone is 1. The Balaban J connectivity index is 1.47. The maximum atomic E-state index is 14.6. The van der Waals surface area contributed by atoms with Gasteiger partial charge in [-0.15, -0.1) is 0 Å². The van der Waals surface area contributed by atoms with Crippen molar-refractivity contribution in [1.29, 1.82) is 0 Å². The van der Waals surface area contributed by atoms with Gasteiger partial charge in [0.1, 0.15) is 23.7 Å². The molecular weight excluding hydrogens is 680 g/mol. The second kappa shape index (κ2) is 12.6. The summed E-state index contributed by atoms with van der Waals surface area (Å²) in [7, 11) is -2.91. The van der Waals surface area contributed by atoms with E-state index in [1.54, 1.807) is 31.5 Å². The molecule has 3 heterocycles. The molecule has 16 heteroatoms. The lowest BCUT2D eigenvalue weighted by molar-refractivity contribution is -0.155. The second-order valence-electron chi connectivity index (χ2n) is 13.5. The number of esters is 1. The topological polar surface area (TPSA) is 129 Å². The molecule has 2 aliphatic rings. The van der Waals surface area contributed by atoms with Crippen molar-refractivity contribution >= 4 is 27.9 Å². The fourth-order valence-corrected chi connectivity index (χ4v) is 8.21. The van der Waals surface area contributed by atoms with Gasteiger partial charge in [0, 0.05) is 25.5 Å². The monoisotopic (exact) mass is 714 g/mol. The van der Waals surface area contributed by atoms with Crippen LogP contribution in [0.15, 0.2) is 71.7 Å². The predicted molar refractivity (Wildman–Crippen MR) is 172 cm³/mol. The summed E-state index contributed by atoms with van der Waals surface area (Å²) in [4.78, 5) is 31.9. The molecule has 2 atom stereocenters. The molecule has 2 aliphatic carbocycles. The maximum absolute atomic E-state index is 14.6. The van der Waals surface area contributed by atoms with Crippen LogP contribution >= 0.6 is 0 Å². The quantitative estimate of drug-likeness (QED) is 0.132. The minimum atomic E-state index is -4.75. The zero-order valence-corrected chi connectivity index (χ0v) is 28.4. The number of carbonyl (C=O) groups is 2. The molecule has 0 spiro atoms. The number of Topliss-reactive ketones (excluding diaryl/α,β-unsaturated/α-hetero) is 1. The van der Waals surface area contributed by atoms with Crippen LogP contribution in [0.3, 0.4) is 0 Å². The number of ether oxygens (including phenoxy) is 1. The lowest BCUT2D eigenvalue weighted by Crippen LogP contribution is -2.52. The third-order valence-corrected chi connectivity index (χ3v) is 10.6. The van der Waals surface area contributed by atoms with Crippen LogP contribution in [0.2, 0.25) is 0 Å². The molecule has 50 heavy (non-hydrogen) atoms. The molecule has 4 aromatic rings. The minimum Gasteiger partial charge on any atom is -0.459 e. The Hall–Kier alpha value is -4.70. The van der Waals surface area contributed by atoms with Crippen molar-refractivity contribution < 1.29 is 40.3 Å². The summed E-state index contributed by atoms with van der Waals surface area (Å²) in [5, 5.41) is 8.21. The number of aromatic nitrogens is 5. The molecule has 11 nitrogen and oxygen atoms in total. The molecule has 3 aromatic heterocycles. The largest absolute Gasteiger partial charge is 0.459 e. The van der Waals surface area contributed by atoms with Crippen LogP contribution in [-0.2, 0) is 39.2 Å². The number of rotatable bonds is 8. The molecule has 0 bridgehead atoms. The van der Waals surface area contributed by atoms with E-state index in [1.807, 2.05) is 0 Å². The van der Waals surface area contributed by atoms with E-state index in [0.29, 0.717) is 28.6 Å². The number of hydrogen-bond acceptors (Lipinski definition) is 8. The summed E-state index contributed by atoms with van der Waals surface area (Å²) in [5.41, 5.74) is -1.75. The normalized spacial score (nSPS) is 19.5. The van der Waals surface area contributed by atoms with Crippen LogP contribution in [0.1, 0.15) is 67.3 Å². The number of alkyl halides is 3. The number of pyridine rings is 1. The van der Waals surface area contributed by atoms with E-state index in [1.165, 1.54) is 54.5 Å². The molecule has 0 aliphatic heterocycles. The van der Waals surface area contributed by atoms with Crippen molar-refractivity contribution in [2.45, 2.75) is 69.3 Å². The fourth-order valence-electron chi connectivity index (χ4n) is 6.66. The first kappa shape index (κ1) is 35.1. The van der Waals surface area contributed by atoms with Crippen molar-refractivity contribution in [3.05, 3.63) is 95.0 Å². The number of ketones is 1. The summed E-state index contributed by atoms with van der Waals surface area (Å²) in [5.74, 6) is -2.00. The van der Waals surface area contributed by atoms with Crippen molar-refractivity contribution in [3.63, 3.8) is 0 Å². The van der Waals surface area contributed by atoms with Crippen molar-refractivity contribution in [3.8, 4) is 5.69 Å². The summed E-state index contributed by atoms with van der Waals surface area (Å²) in [6.45, 7) is 4.23. The van der Waals surface area contributed by atoms with Gasteiger partial charge in [-0.05, 0) is 101 Å². The van der Waals surface area contributed by atoms with Crippen LogP contribution in [0.4, 0.5) is 17.6 Å². The molecule has 0 N–H and O–H groups in total. The SMILES string of the molecule is Cn1ccc(S(=O)(=O)N(CC(=O)OC(C)(C)C)[C@H]2CCC3=Cc4c(cnn4-c4ccc(F)cc4)C[C@]3(C(=O)c3cc(C(F)(F)F)ccn3)C2)n1. The molecule has 0 amide bonds. The first-order valence-electron chi connectivity index (χ1n) is 15.7. The Morgan fingerprint density at radius 3 is 2.46 bits per heavy atom. The van der Waals surface area contributed by atoms with Gasteiger partial charge in [0.2, 0.25) is 0 Å². The summed E-state index contributed by atoms with van der Waals surface area (Å²) in [6, 6.07) is 7.40.